The zero-order chi connectivity index (χ0) is 15.3. The van der Waals surface area contributed by atoms with E-state index >= 15 is 0 Å². The van der Waals surface area contributed by atoms with Gasteiger partial charge in [-0.3, -0.25) is 4.79 Å². The summed E-state index contributed by atoms with van der Waals surface area (Å²) < 4.78 is 22.3. The Hall–Kier alpha value is -1.66. The molecule has 0 heterocycles. The Kier molecular flexibility index (Phi) is 5.14. The minimum atomic E-state index is -3.67. The average molecular weight is 308 g/mol. The smallest absolute Gasteiger partial charge is 0.238 e. The first-order valence-electron chi connectivity index (χ1n) is 7.08. The van der Waals surface area contributed by atoms with Crippen LogP contribution in [0.15, 0.2) is 40.9 Å². The number of carbonyl (C=O) groups excluding carboxylic acids is 1. The van der Waals surface area contributed by atoms with E-state index in [1.54, 1.807) is 18.3 Å². The van der Waals surface area contributed by atoms with E-state index in [0.29, 0.717) is 6.42 Å². The molecule has 5 nitrogen and oxygen atoms in total. The van der Waals surface area contributed by atoms with Crippen molar-refractivity contribution in [3.8, 4) is 0 Å². The van der Waals surface area contributed by atoms with Crippen LogP contribution in [0, 0.1) is 0 Å². The Labute approximate surface area is 125 Å². The van der Waals surface area contributed by atoms with Crippen molar-refractivity contribution >= 4 is 21.5 Å². The van der Waals surface area contributed by atoms with Gasteiger partial charge in [-0.1, -0.05) is 12.8 Å². The third-order valence-corrected chi connectivity index (χ3v) is 4.48. The number of benzene rings is 1. The summed E-state index contributed by atoms with van der Waals surface area (Å²) in [5.74, 6) is 0.198. The standard InChI is InChI=1S/C15H20N2O3S/c16-21(19,20)14-9-7-13(8-10-14)17-11-12-5-3-1-2-4-6-15(12)18/h7-11,17H,1-6H2,(H2,16,19,20)/b12-11-. The van der Waals surface area contributed by atoms with Crippen LogP contribution in [0.1, 0.15) is 38.5 Å². The number of sulfonamides is 1. The SMILES string of the molecule is NS(=O)(=O)c1ccc(N/C=C2/CCCCCCC2=O)cc1. The minimum absolute atomic E-state index is 0.0720. The predicted octanol–water partition coefficient (Wildman–Crippen LogP) is 2.55. The fraction of sp³-hybridized carbons (Fsp3) is 0.400. The van der Waals surface area contributed by atoms with Gasteiger partial charge >= 0.3 is 0 Å². The topological polar surface area (TPSA) is 89.3 Å². The third kappa shape index (κ3) is 4.68. The van der Waals surface area contributed by atoms with Crippen LogP contribution in [-0.2, 0) is 14.8 Å². The molecule has 0 aliphatic heterocycles. The van der Waals surface area contributed by atoms with Gasteiger partial charge in [0.1, 0.15) is 0 Å². The van der Waals surface area contributed by atoms with Gasteiger partial charge in [-0.2, -0.15) is 0 Å². The minimum Gasteiger partial charge on any atom is -0.361 e. The van der Waals surface area contributed by atoms with Crippen LogP contribution < -0.4 is 10.5 Å². The zero-order valence-corrected chi connectivity index (χ0v) is 12.7. The van der Waals surface area contributed by atoms with E-state index < -0.39 is 10.0 Å². The number of carbonyl (C=O) groups is 1. The summed E-state index contributed by atoms with van der Waals surface area (Å²) in [7, 11) is -3.67. The molecule has 1 aliphatic rings. The first-order chi connectivity index (χ1) is 9.97. The van der Waals surface area contributed by atoms with Crippen LogP contribution in [0.3, 0.4) is 0 Å². The van der Waals surface area contributed by atoms with Crippen molar-refractivity contribution in [3.63, 3.8) is 0 Å². The molecule has 0 atom stereocenters. The first kappa shape index (κ1) is 15.7. The molecule has 114 valence electrons. The Morgan fingerprint density at radius 1 is 1.00 bits per heavy atom. The maximum atomic E-state index is 12.0. The van der Waals surface area contributed by atoms with Gasteiger partial charge in [-0.05, 0) is 43.5 Å². The fourth-order valence-corrected chi connectivity index (χ4v) is 2.83. The van der Waals surface area contributed by atoms with E-state index in [1.807, 2.05) is 0 Å². The number of Topliss-reactive ketones (excluding diaryl/α,β-unsaturated/α-hetero) is 1. The second-order valence-corrected chi connectivity index (χ2v) is 6.78. The molecule has 0 aromatic heterocycles. The molecule has 2 rings (SSSR count). The fourth-order valence-electron chi connectivity index (χ4n) is 2.32. The van der Waals surface area contributed by atoms with Gasteiger partial charge in [-0.15, -0.1) is 0 Å². The Morgan fingerprint density at radius 3 is 2.24 bits per heavy atom. The molecule has 1 aliphatic carbocycles. The molecule has 6 heteroatoms. The number of nitrogens with one attached hydrogen (secondary N) is 1. The van der Waals surface area contributed by atoms with Crippen molar-refractivity contribution in [1.82, 2.24) is 0 Å². The second kappa shape index (κ2) is 6.87. The Balaban J connectivity index is 2.06. The van der Waals surface area contributed by atoms with Crippen LogP contribution in [0.25, 0.3) is 0 Å². The van der Waals surface area contributed by atoms with Crippen LogP contribution in [-0.4, -0.2) is 14.2 Å². The van der Waals surface area contributed by atoms with E-state index in [1.165, 1.54) is 12.1 Å². The molecule has 0 radical (unpaired) electrons. The lowest BCUT2D eigenvalue weighted by molar-refractivity contribution is -0.116. The molecular weight excluding hydrogens is 288 g/mol. The summed E-state index contributed by atoms with van der Waals surface area (Å²) in [6, 6.07) is 6.14. The molecule has 0 amide bonds. The highest BCUT2D eigenvalue weighted by molar-refractivity contribution is 7.89. The maximum absolute atomic E-state index is 12.0. The van der Waals surface area contributed by atoms with Crippen molar-refractivity contribution in [2.24, 2.45) is 5.14 Å². The molecule has 3 N–H and O–H groups in total. The highest BCUT2D eigenvalue weighted by atomic mass is 32.2. The van der Waals surface area contributed by atoms with Crippen LogP contribution in [0.2, 0.25) is 0 Å². The molecule has 1 aromatic carbocycles. The quantitative estimate of drug-likeness (QED) is 0.840. The van der Waals surface area contributed by atoms with Crippen LogP contribution in [0.5, 0.6) is 0 Å². The number of allylic oxidation sites excluding steroid dienone is 1. The summed E-state index contributed by atoms with van der Waals surface area (Å²) >= 11 is 0. The van der Waals surface area contributed by atoms with E-state index in [2.05, 4.69) is 5.32 Å². The number of hydrogen-bond acceptors (Lipinski definition) is 4. The van der Waals surface area contributed by atoms with Crippen molar-refractivity contribution in [1.29, 1.82) is 0 Å². The van der Waals surface area contributed by atoms with Crippen LogP contribution >= 0.6 is 0 Å². The molecule has 0 unspecified atom stereocenters. The lowest BCUT2D eigenvalue weighted by Gasteiger charge is -2.11. The normalized spacial score (nSPS) is 19.1. The van der Waals surface area contributed by atoms with E-state index in [-0.39, 0.29) is 10.7 Å². The molecule has 1 aromatic rings. The highest BCUT2D eigenvalue weighted by Crippen LogP contribution is 2.20. The predicted molar refractivity (Wildman–Crippen MR) is 82.2 cm³/mol. The first-order valence-corrected chi connectivity index (χ1v) is 8.63. The van der Waals surface area contributed by atoms with Crippen molar-refractivity contribution in [2.75, 3.05) is 5.32 Å². The molecular formula is C15H20N2O3S. The monoisotopic (exact) mass is 308 g/mol. The van der Waals surface area contributed by atoms with Crippen molar-refractivity contribution in [2.45, 2.75) is 43.4 Å². The highest BCUT2D eigenvalue weighted by Gasteiger charge is 2.12. The van der Waals surface area contributed by atoms with Crippen molar-refractivity contribution < 1.29 is 13.2 Å². The summed E-state index contributed by atoms with van der Waals surface area (Å²) in [4.78, 5) is 12.0. The van der Waals surface area contributed by atoms with Gasteiger partial charge in [0.25, 0.3) is 0 Å². The van der Waals surface area contributed by atoms with E-state index in [0.717, 1.165) is 43.4 Å². The van der Waals surface area contributed by atoms with E-state index in [4.69, 9.17) is 5.14 Å². The van der Waals surface area contributed by atoms with Gasteiger partial charge in [-0.25, -0.2) is 13.6 Å². The number of primary sulfonamides is 1. The van der Waals surface area contributed by atoms with Crippen LogP contribution in [0.4, 0.5) is 5.69 Å². The number of nitrogens with two attached hydrogens (primary N) is 1. The number of rotatable bonds is 3. The largest absolute Gasteiger partial charge is 0.361 e. The second-order valence-electron chi connectivity index (χ2n) is 5.22. The summed E-state index contributed by atoms with van der Waals surface area (Å²) in [5.41, 5.74) is 1.54. The van der Waals surface area contributed by atoms with Gasteiger partial charge in [0.2, 0.25) is 10.0 Å². The molecule has 1 saturated carbocycles. The molecule has 0 saturated heterocycles. The lowest BCUT2D eigenvalue weighted by atomic mass is 9.96. The molecule has 0 spiro atoms. The number of ketones is 1. The average Bonchev–Trinajstić information content (AvgIpc) is 2.42. The van der Waals surface area contributed by atoms with E-state index in [9.17, 15) is 13.2 Å². The molecule has 1 fully saturated rings. The summed E-state index contributed by atoms with van der Waals surface area (Å²) in [6.07, 6.45) is 7.41. The number of hydrogen-bond donors (Lipinski definition) is 2. The number of anilines is 1. The van der Waals surface area contributed by atoms with Gasteiger partial charge < -0.3 is 5.32 Å². The summed E-state index contributed by atoms with van der Waals surface area (Å²) in [6.45, 7) is 0. The zero-order valence-electron chi connectivity index (χ0n) is 11.8. The van der Waals surface area contributed by atoms with Gasteiger partial charge in [0.05, 0.1) is 4.90 Å². The Bertz CT molecular complexity index is 633. The Morgan fingerprint density at radius 2 is 1.62 bits per heavy atom. The third-order valence-electron chi connectivity index (χ3n) is 3.55. The lowest BCUT2D eigenvalue weighted by Crippen LogP contribution is -2.11. The van der Waals surface area contributed by atoms with Gasteiger partial charge in [0, 0.05) is 23.9 Å². The molecule has 21 heavy (non-hydrogen) atoms. The van der Waals surface area contributed by atoms with Gasteiger partial charge in [0.15, 0.2) is 5.78 Å². The summed E-state index contributed by atoms with van der Waals surface area (Å²) in [5, 5.41) is 8.10. The molecule has 0 bridgehead atoms. The maximum Gasteiger partial charge on any atom is 0.238 e. The van der Waals surface area contributed by atoms with Crippen molar-refractivity contribution in [3.05, 3.63) is 36.0 Å².